The number of anilines is 1. The van der Waals surface area contributed by atoms with Crippen molar-refractivity contribution in [3.05, 3.63) is 24.1 Å². The van der Waals surface area contributed by atoms with Gasteiger partial charge in [-0.3, -0.25) is 0 Å². The van der Waals surface area contributed by atoms with Gasteiger partial charge < -0.3 is 25.8 Å². The predicted molar refractivity (Wildman–Crippen MR) is 68.7 cm³/mol. The molecule has 4 atom stereocenters. The van der Waals surface area contributed by atoms with Gasteiger partial charge in [-0.1, -0.05) is 0 Å². The Kier molecular flexibility index (Phi) is 2.32. The zero-order chi connectivity index (χ0) is 17.8. The highest BCUT2D eigenvalue weighted by Gasteiger charge is 2.57. The normalized spacial score (nSPS) is 34.4. The molecule has 3 heterocycles. The molecular weight excluding hydrogens is 278 g/mol. The van der Waals surface area contributed by atoms with Gasteiger partial charge in [0.25, 0.3) is 0 Å². The number of nitrogens with two attached hydrogens (primary N) is 1. The van der Waals surface area contributed by atoms with Crippen LogP contribution >= 0.6 is 0 Å². The third-order valence-corrected chi connectivity index (χ3v) is 3.44. The highest BCUT2D eigenvalue weighted by molar-refractivity contribution is 5.66. The smallest absolute Gasteiger partial charge is 0.225 e. The molecule has 3 rings (SSSR count). The van der Waals surface area contributed by atoms with E-state index in [1.165, 1.54) is 0 Å². The summed E-state index contributed by atoms with van der Waals surface area (Å²) in [7, 11) is 0. The molecule has 0 saturated carbocycles. The quantitative estimate of drug-likeness (QED) is 0.503. The first-order valence-electron chi connectivity index (χ1n) is 7.47. The maximum atomic E-state index is 10.3. The molecular formula is C12H13N5O4. The van der Waals surface area contributed by atoms with Gasteiger partial charge in [-0.15, -0.1) is 0 Å². The van der Waals surface area contributed by atoms with Crippen molar-refractivity contribution in [2.45, 2.75) is 23.9 Å². The van der Waals surface area contributed by atoms with Crippen LogP contribution in [-0.2, 0) is 10.3 Å². The van der Waals surface area contributed by atoms with Crippen molar-refractivity contribution in [1.82, 2.24) is 14.6 Å². The Morgan fingerprint density at radius 3 is 2.95 bits per heavy atom. The Balaban J connectivity index is 2.37. The molecule has 1 aliphatic heterocycles. The van der Waals surface area contributed by atoms with E-state index in [1.54, 1.807) is 6.07 Å². The third-order valence-electron chi connectivity index (χ3n) is 3.44. The largest absolute Gasteiger partial charge is 0.394 e. The summed E-state index contributed by atoms with van der Waals surface area (Å²) in [4.78, 5) is 3.59. The van der Waals surface area contributed by atoms with Gasteiger partial charge in [0.1, 0.15) is 37.6 Å². The van der Waals surface area contributed by atoms with Crippen LogP contribution in [0.15, 0.2) is 18.4 Å². The number of aromatic nitrogens is 3. The molecule has 0 radical (unpaired) electrons. The Hall–Kier alpha value is -2.25. The van der Waals surface area contributed by atoms with Gasteiger partial charge in [0.2, 0.25) is 5.60 Å². The maximum absolute atomic E-state index is 10.3. The summed E-state index contributed by atoms with van der Waals surface area (Å²) in [5.74, 6) is -0.250. The first-order chi connectivity index (χ1) is 11.3. The maximum Gasteiger partial charge on any atom is 0.225 e. The molecule has 0 bridgehead atoms. The number of fused-ring (bicyclic) bond motifs is 1. The van der Waals surface area contributed by atoms with E-state index in [2.05, 4.69) is 10.1 Å². The topological polar surface area (TPSA) is 150 Å². The Bertz CT molecular complexity index is 869. The molecule has 21 heavy (non-hydrogen) atoms. The number of nitrogens with zero attached hydrogens (tertiary/aromatic N) is 4. The Labute approximate surface area is 123 Å². The van der Waals surface area contributed by atoms with Crippen LogP contribution in [-0.4, -0.2) is 54.8 Å². The van der Waals surface area contributed by atoms with Crippen LogP contribution in [0.25, 0.3) is 5.52 Å². The second kappa shape index (κ2) is 4.64. The fourth-order valence-corrected chi connectivity index (χ4v) is 2.34. The van der Waals surface area contributed by atoms with E-state index in [0.29, 0.717) is 0 Å². The number of aliphatic hydroxyl groups is 3. The minimum atomic E-state index is -2.26. The lowest BCUT2D eigenvalue weighted by Crippen LogP contribution is -2.40. The van der Waals surface area contributed by atoms with Crippen molar-refractivity contribution in [3.63, 3.8) is 0 Å². The second-order valence-corrected chi connectivity index (χ2v) is 4.58. The van der Waals surface area contributed by atoms with Crippen LogP contribution in [0.5, 0.6) is 0 Å². The minimum absolute atomic E-state index is 0.127. The van der Waals surface area contributed by atoms with Crippen LogP contribution in [0, 0.1) is 11.3 Å². The molecule has 110 valence electrons. The molecule has 9 heteroatoms. The summed E-state index contributed by atoms with van der Waals surface area (Å²) in [6, 6.07) is 0.752. The number of nitrogen functional groups attached to an aromatic ring is 1. The standard InChI is InChI=1S/C12H13N5O4/c13-4-12(10(20)9(19)7(3-18)21-12)8-2-1-6-11(14)15-5-16-17(6)8/h1-2,5,7,9-10,18-20H,3H2,(H2,14,15,16)/i1D,2D,5D. The van der Waals surface area contributed by atoms with E-state index in [1.807, 2.05) is 0 Å². The zero-order valence-corrected chi connectivity index (χ0v) is 10.6. The monoisotopic (exact) mass is 294 g/mol. The van der Waals surface area contributed by atoms with E-state index < -0.39 is 48.9 Å². The Morgan fingerprint density at radius 2 is 2.33 bits per heavy atom. The van der Waals surface area contributed by atoms with E-state index in [-0.39, 0.29) is 17.0 Å². The first kappa shape index (κ1) is 10.5. The lowest BCUT2D eigenvalue weighted by atomic mass is 9.92. The summed E-state index contributed by atoms with van der Waals surface area (Å²) >= 11 is 0. The number of nitriles is 1. The van der Waals surface area contributed by atoms with Crippen molar-refractivity contribution in [2.24, 2.45) is 0 Å². The fourth-order valence-electron chi connectivity index (χ4n) is 2.34. The van der Waals surface area contributed by atoms with Crippen molar-refractivity contribution < 1.29 is 24.2 Å². The van der Waals surface area contributed by atoms with E-state index in [9.17, 15) is 20.6 Å². The van der Waals surface area contributed by atoms with Gasteiger partial charge in [0, 0.05) is 0 Å². The van der Waals surface area contributed by atoms with E-state index in [4.69, 9.17) is 14.6 Å². The number of hydrogen-bond donors (Lipinski definition) is 4. The molecule has 9 nitrogen and oxygen atoms in total. The summed E-state index contributed by atoms with van der Waals surface area (Å²) in [6.07, 6.45) is -5.21. The lowest BCUT2D eigenvalue weighted by Gasteiger charge is -2.24. The molecule has 1 fully saturated rings. The molecule has 0 spiro atoms. The van der Waals surface area contributed by atoms with Crippen molar-refractivity contribution in [2.75, 3.05) is 12.3 Å². The van der Waals surface area contributed by atoms with Crippen LogP contribution in [0.2, 0.25) is 0 Å². The van der Waals surface area contributed by atoms with Crippen LogP contribution in [0.3, 0.4) is 0 Å². The predicted octanol–water partition coefficient (Wildman–Crippen LogP) is -1.86. The van der Waals surface area contributed by atoms with Gasteiger partial charge in [-0.05, 0) is 12.1 Å². The minimum Gasteiger partial charge on any atom is -0.394 e. The van der Waals surface area contributed by atoms with E-state index in [0.717, 1.165) is 4.52 Å². The first-order valence-corrected chi connectivity index (χ1v) is 5.97. The fraction of sp³-hybridized carbons (Fsp3) is 0.417. The van der Waals surface area contributed by atoms with Crippen LogP contribution in [0.4, 0.5) is 5.82 Å². The van der Waals surface area contributed by atoms with Crippen LogP contribution < -0.4 is 5.73 Å². The molecule has 1 aliphatic rings. The van der Waals surface area contributed by atoms with Crippen molar-refractivity contribution >= 4 is 11.3 Å². The molecule has 2 aromatic rings. The van der Waals surface area contributed by atoms with Gasteiger partial charge in [-0.25, -0.2) is 9.50 Å². The number of hydrogen-bond acceptors (Lipinski definition) is 8. The van der Waals surface area contributed by atoms with Crippen molar-refractivity contribution in [3.8, 4) is 6.07 Å². The number of ether oxygens (including phenoxy) is 1. The van der Waals surface area contributed by atoms with Crippen LogP contribution in [0.1, 0.15) is 9.81 Å². The number of rotatable bonds is 2. The highest BCUT2D eigenvalue weighted by Crippen LogP contribution is 2.40. The Morgan fingerprint density at radius 1 is 1.57 bits per heavy atom. The molecule has 2 aromatic heterocycles. The highest BCUT2D eigenvalue weighted by atomic mass is 16.6. The molecule has 0 amide bonds. The van der Waals surface area contributed by atoms with Gasteiger partial charge in [0.15, 0.2) is 5.82 Å². The third kappa shape index (κ3) is 1.71. The zero-order valence-electron chi connectivity index (χ0n) is 13.6. The van der Waals surface area contributed by atoms with Crippen molar-refractivity contribution in [1.29, 1.82) is 5.26 Å². The van der Waals surface area contributed by atoms with E-state index >= 15 is 0 Å². The average Bonchev–Trinajstić information content (AvgIpc) is 2.93. The molecule has 5 N–H and O–H groups in total. The number of aliphatic hydroxyl groups excluding tert-OH is 3. The molecule has 0 aromatic carbocycles. The summed E-state index contributed by atoms with van der Waals surface area (Å²) in [5.41, 5.74) is 2.91. The second-order valence-electron chi connectivity index (χ2n) is 4.58. The van der Waals surface area contributed by atoms with Gasteiger partial charge >= 0.3 is 0 Å². The molecule has 4 unspecified atom stereocenters. The average molecular weight is 294 g/mol. The SMILES string of the molecule is [2H]c1nc(N)c2c([2H])c([2H])c(C3(C#N)OC(CO)C(O)C3O)n2n1. The summed E-state index contributed by atoms with van der Waals surface area (Å²) in [6.45, 7) is -0.674. The summed E-state index contributed by atoms with van der Waals surface area (Å²) < 4.78 is 29.8. The van der Waals surface area contributed by atoms with Gasteiger partial charge in [0.05, 0.1) is 15.0 Å². The molecule has 1 saturated heterocycles. The summed E-state index contributed by atoms with van der Waals surface area (Å²) in [5, 5.41) is 42.8. The molecule has 0 aliphatic carbocycles. The lowest BCUT2D eigenvalue weighted by molar-refractivity contribution is -0.0643. The van der Waals surface area contributed by atoms with Gasteiger partial charge in [-0.2, -0.15) is 10.4 Å².